The number of nitrogens with zero attached hydrogens (tertiary/aromatic N) is 3. The standard InChI is InChI=1S/C14H18N4O/c1-9(2)19-14-17-12(16-13(15-4)18-14)11-7-5-10(3)6-8-11/h5-9H,1-4H3,(H,15,16,17,18). The molecule has 5 heteroatoms. The third-order valence-corrected chi connectivity index (χ3v) is 2.49. The first-order valence-corrected chi connectivity index (χ1v) is 6.26. The number of nitrogens with one attached hydrogen (secondary N) is 1. The molecule has 1 aromatic heterocycles. The Morgan fingerprint density at radius 1 is 1.05 bits per heavy atom. The number of hydrogen-bond acceptors (Lipinski definition) is 5. The summed E-state index contributed by atoms with van der Waals surface area (Å²) in [5.74, 6) is 1.11. The number of aryl methyl sites for hydroxylation is 1. The largest absolute Gasteiger partial charge is 0.461 e. The van der Waals surface area contributed by atoms with E-state index < -0.39 is 0 Å². The van der Waals surface area contributed by atoms with Gasteiger partial charge in [-0.2, -0.15) is 15.0 Å². The van der Waals surface area contributed by atoms with Crippen LogP contribution in [0.25, 0.3) is 11.4 Å². The van der Waals surface area contributed by atoms with Crippen LogP contribution >= 0.6 is 0 Å². The first-order valence-electron chi connectivity index (χ1n) is 6.26. The highest BCUT2D eigenvalue weighted by atomic mass is 16.5. The summed E-state index contributed by atoms with van der Waals surface area (Å²) in [5, 5.41) is 2.92. The van der Waals surface area contributed by atoms with Crippen molar-refractivity contribution in [1.82, 2.24) is 15.0 Å². The summed E-state index contributed by atoms with van der Waals surface area (Å²) in [6.45, 7) is 5.92. The zero-order valence-corrected chi connectivity index (χ0v) is 11.6. The highest BCUT2D eigenvalue weighted by Gasteiger charge is 2.09. The zero-order chi connectivity index (χ0) is 13.8. The fourth-order valence-corrected chi connectivity index (χ4v) is 1.56. The van der Waals surface area contributed by atoms with Crippen LogP contribution in [0.2, 0.25) is 0 Å². The van der Waals surface area contributed by atoms with Crippen molar-refractivity contribution in [2.24, 2.45) is 0 Å². The Morgan fingerprint density at radius 2 is 1.74 bits per heavy atom. The van der Waals surface area contributed by atoms with E-state index in [-0.39, 0.29) is 6.10 Å². The summed E-state index contributed by atoms with van der Waals surface area (Å²) >= 11 is 0. The smallest absolute Gasteiger partial charge is 0.322 e. The molecule has 19 heavy (non-hydrogen) atoms. The average Bonchev–Trinajstić information content (AvgIpc) is 2.38. The molecule has 0 unspecified atom stereocenters. The van der Waals surface area contributed by atoms with Crippen LogP contribution in [0.15, 0.2) is 24.3 Å². The molecule has 2 aromatic rings. The van der Waals surface area contributed by atoms with Gasteiger partial charge in [-0.1, -0.05) is 29.8 Å². The van der Waals surface area contributed by atoms with Gasteiger partial charge in [0.25, 0.3) is 0 Å². The SMILES string of the molecule is CNc1nc(OC(C)C)nc(-c2ccc(C)cc2)n1. The number of rotatable bonds is 4. The second kappa shape index (κ2) is 5.65. The number of hydrogen-bond donors (Lipinski definition) is 1. The second-order valence-corrected chi connectivity index (χ2v) is 4.55. The summed E-state index contributed by atoms with van der Waals surface area (Å²) in [4.78, 5) is 12.9. The van der Waals surface area contributed by atoms with Crippen molar-refractivity contribution in [2.45, 2.75) is 26.9 Å². The van der Waals surface area contributed by atoms with E-state index in [0.29, 0.717) is 17.8 Å². The molecule has 0 saturated heterocycles. The number of aromatic nitrogens is 3. The Hall–Kier alpha value is -2.17. The van der Waals surface area contributed by atoms with Crippen molar-refractivity contribution in [1.29, 1.82) is 0 Å². The van der Waals surface area contributed by atoms with Crippen molar-refractivity contribution in [3.05, 3.63) is 29.8 Å². The van der Waals surface area contributed by atoms with Crippen LogP contribution in [0.4, 0.5) is 5.95 Å². The van der Waals surface area contributed by atoms with Gasteiger partial charge in [0.2, 0.25) is 5.95 Å². The minimum Gasteiger partial charge on any atom is -0.461 e. The molecule has 2 rings (SSSR count). The number of ether oxygens (including phenoxy) is 1. The lowest BCUT2D eigenvalue weighted by atomic mass is 10.1. The van der Waals surface area contributed by atoms with Crippen LogP contribution in [0.3, 0.4) is 0 Å². The third kappa shape index (κ3) is 3.40. The molecule has 0 radical (unpaired) electrons. The van der Waals surface area contributed by atoms with Gasteiger partial charge in [0.05, 0.1) is 6.10 Å². The molecule has 100 valence electrons. The molecule has 0 amide bonds. The van der Waals surface area contributed by atoms with Crippen molar-refractivity contribution < 1.29 is 4.74 Å². The van der Waals surface area contributed by atoms with Crippen molar-refractivity contribution in [3.8, 4) is 17.4 Å². The van der Waals surface area contributed by atoms with Gasteiger partial charge in [0.15, 0.2) is 5.82 Å². The maximum absolute atomic E-state index is 5.54. The van der Waals surface area contributed by atoms with Crippen molar-refractivity contribution in [3.63, 3.8) is 0 Å². The molecule has 5 nitrogen and oxygen atoms in total. The van der Waals surface area contributed by atoms with Crippen LogP contribution < -0.4 is 10.1 Å². The second-order valence-electron chi connectivity index (χ2n) is 4.55. The van der Waals surface area contributed by atoms with Gasteiger partial charge >= 0.3 is 6.01 Å². The molecule has 0 aliphatic heterocycles. The Kier molecular flexibility index (Phi) is 3.94. The number of anilines is 1. The summed E-state index contributed by atoms with van der Waals surface area (Å²) in [6.07, 6.45) is 0.0259. The Labute approximate surface area is 113 Å². The first-order chi connectivity index (χ1) is 9.08. The number of benzene rings is 1. The quantitative estimate of drug-likeness (QED) is 0.913. The van der Waals surface area contributed by atoms with Gasteiger partial charge in [0, 0.05) is 12.6 Å². The van der Waals surface area contributed by atoms with E-state index in [1.165, 1.54) is 5.56 Å². The van der Waals surface area contributed by atoms with Gasteiger partial charge in [-0.3, -0.25) is 0 Å². The van der Waals surface area contributed by atoms with Crippen LogP contribution in [0.5, 0.6) is 6.01 Å². The van der Waals surface area contributed by atoms with E-state index in [1.54, 1.807) is 7.05 Å². The first kappa shape index (κ1) is 13.3. The van der Waals surface area contributed by atoms with Crippen LogP contribution in [-0.4, -0.2) is 28.1 Å². The van der Waals surface area contributed by atoms with Crippen molar-refractivity contribution in [2.75, 3.05) is 12.4 Å². The highest BCUT2D eigenvalue weighted by molar-refractivity contribution is 5.56. The third-order valence-electron chi connectivity index (χ3n) is 2.49. The Balaban J connectivity index is 2.41. The van der Waals surface area contributed by atoms with Gasteiger partial charge < -0.3 is 10.1 Å². The van der Waals surface area contributed by atoms with Crippen LogP contribution in [-0.2, 0) is 0 Å². The van der Waals surface area contributed by atoms with Gasteiger partial charge in [-0.15, -0.1) is 0 Å². The topological polar surface area (TPSA) is 59.9 Å². The minimum absolute atomic E-state index is 0.0259. The lowest BCUT2D eigenvalue weighted by molar-refractivity contribution is 0.222. The summed E-state index contributed by atoms with van der Waals surface area (Å²) in [5.41, 5.74) is 2.14. The summed E-state index contributed by atoms with van der Waals surface area (Å²) in [6, 6.07) is 8.37. The van der Waals surface area contributed by atoms with E-state index in [1.807, 2.05) is 45.0 Å². The summed E-state index contributed by atoms with van der Waals surface area (Å²) in [7, 11) is 1.77. The molecule has 0 fully saturated rings. The molecule has 0 aliphatic carbocycles. The highest BCUT2D eigenvalue weighted by Crippen LogP contribution is 2.19. The molecular weight excluding hydrogens is 240 g/mol. The fraction of sp³-hybridized carbons (Fsp3) is 0.357. The van der Waals surface area contributed by atoms with E-state index >= 15 is 0 Å². The predicted octanol–water partition coefficient (Wildman–Crippen LogP) is 2.68. The molecule has 0 atom stereocenters. The van der Waals surface area contributed by atoms with Crippen molar-refractivity contribution >= 4 is 5.95 Å². The van der Waals surface area contributed by atoms with E-state index in [4.69, 9.17) is 4.74 Å². The zero-order valence-electron chi connectivity index (χ0n) is 11.6. The normalized spacial score (nSPS) is 10.6. The lowest BCUT2D eigenvalue weighted by Gasteiger charge is -2.10. The molecule has 0 bridgehead atoms. The fourth-order valence-electron chi connectivity index (χ4n) is 1.56. The van der Waals surface area contributed by atoms with E-state index in [2.05, 4.69) is 20.3 Å². The van der Waals surface area contributed by atoms with Crippen LogP contribution in [0, 0.1) is 6.92 Å². The molecule has 0 spiro atoms. The maximum atomic E-state index is 5.54. The Morgan fingerprint density at radius 3 is 2.32 bits per heavy atom. The Bertz CT molecular complexity index is 552. The van der Waals surface area contributed by atoms with Gasteiger partial charge in [0.1, 0.15) is 0 Å². The molecule has 1 N–H and O–H groups in total. The average molecular weight is 258 g/mol. The van der Waals surface area contributed by atoms with E-state index in [0.717, 1.165) is 5.56 Å². The van der Waals surface area contributed by atoms with Gasteiger partial charge in [-0.25, -0.2) is 0 Å². The van der Waals surface area contributed by atoms with Crippen LogP contribution in [0.1, 0.15) is 19.4 Å². The molecule has 1 heterocycles. The lowest BCUT2D eigenvalue weighted by Crippen LogP contribution is -2.11. The minimum atomic E-state index is 0.0259. The van der Waals surface area contributed by atoms with E-state index in [9.17, 15) is 0 Å². The molecule has 1 aromatic carbocycles. The molecule has 0 aliphatic rings. The van der Waals surface area contributed by atoms with Gasteiger partial charge in [-0.05, 0) is 20.8 Å². The molecule has 0 saturated carbocycles. The monoisotopic (exact) mass is 258 g/mol. The summed E-state index contributed by atoms with van der Waals surface area (Å²) < 4.78 is 5.54. The predicted molar refractivity (Wildman–Crippen MR) is 75.3 cm³/mol. The molecular formula is C14H18N4O. The maximum Gasteiger partial charge on any atom is 0.322 e.